The molecule has 3 rings (SSSR count). The summed E-state index contributed by atoms with van der Waals surface area (Å²) >= 11 is 0. The summed E-state index contributed by atoms with van der Waals surface area (Å²) in [5.41, 5.74) is 1.05. The summed E-state index contributed by atoms with van der Waals surface area (Å²) in [5, 5.41) is 0. The van der Waals surface area contributed by atoms with Gasteiger partial charge >= 0.3 is 6.36 Å². The quantitative estimate of drug-likeness (QED) is 0.837. The van der Waals surface area contributed by atoms with Crippen LogP contribution in [-0.4, -0.2) is 35.5 Å². The zero-order valence-electron chi connectivity index (χ0n) is 12.7. The SMILES string of the molecule is FC(F)(F)Oc1ccc(N2CCC(OCc3ccncc3)C2)nc1. The van der Waals surface area contributed by atoms with Gasteiger partial charge in [0.1, 0.15) is 11.6 Å². The fourth-order valence-electron chi connectivity index (χ4n) is 2.52. The predicted molar refractivity (Wildman–Crippen MR) is 80.6 cm³/mol. The van der Waals surface area contributed by atoms with Crippen molar-refractivity contribution in [2.45, 2.75) is 25.5 Å². The number of ether oxygens (including phenoxy) is 2. The second kappa shape index (κ2) is 7.04. The van der Waals surface area contributed by atoms with E-state index in [0.29, 0.717) is 19.0 Å². The zero-order chi connectivity index (χ0) is 17.0. The Morgan fingerprint density at radius 1 is 1.17 bits per heavy atom. The molecule has 0 N–H and O–H groups in total. The summed E-state index contributed by atoms with van der Waals surface area (Å²) in [7, 11) is 0. The Labute approximate surface area is 137 Å². The number of rotatable bonds is 5. The van der Waals surface area contributed by atoms with Crippen molar-refractivity contribution >= 4 is 5.82 Å². The van der Waals surface area contributed by atoms with E-state index in [0.717, 1.165) is 24.7 Å². The first kappa shape index (κ1) is 16.5. The van der Waals surface area contributed by atoms with Crippen LogP contribution in [0.1, 0.15) is 12.0 Å². The van der Waals surface area contributed by atoms with Gasteiger partial charge in [-0.05, 0) is 36.2 Å². The molecule has 1 fully saturated rings. The van der Waals surface area contributed by atoms with Gasteiger partial charge in [-0.1, -0.05) is 0 Å². The van der Waals surface area contributed by atoms with E-state index in [1.807, 2.05) is 17.0 Å². The van der Waals surface area contributed by atoms with Crippen LogP contribution in [0.3, 0.4) is 0 Å². The number of anilines is 1. The first-order valence-corrected chi connectivity index (χ1v) is 7.47. The molecule has 0 aromatic carbocycles. The molecular weight excluding hydrogens is 323 g/mol. The van der Waals surface area contributed by atoms with E-state index in [1.54, 1.807) is 12.4 Å². The number of aromatic nitrogens is 2. The molecule has 1 atom stereocenters. The Morgan fingerprint density at radius 3 is 2.62 bits per heavy atom. The van der Waals surface area contributed by atoms with Crippen molar-refractivity contribution in [3.05, 3.63) is 48.4 Å². The fraction of sp³-hybridized carbons (Fsp3) is 0.375. The van der Waals surface area contributed by atoms with Gasteiger partial charge in [-0.2, -0.15) is 0 Å². The molecular formula is C16H16F3N3O2. The standard InChI is InChI=1S/C16H16F3N3O2/c17-16(18,19)24-13-1-2-15(21-9-13)22-8-5-14(10-22)23-11-12-3-6-20-7-4-12/h1-4,6-7,9,14H,5,8,10-11H2. The maximum Gasteiger partial charge on any atom is 0.573 e. The smallest absolute Gasteiger partial charge is 0.404 e. The molecule has 24 heavy (non-hydrogen) atoms. The minimum Gasteiger partial charge on any atom is -0.404 e. The largest absolute Gasteiger partial charge is 0.573 e. The van der Waals surface area contributed by atoms with Crippen LogP contribution in [0, 0.1) is 0 Å². The number of halogens is 3. The Bertz CT molecular complexity index is 650. The molecule has 0 spiro atoms. The molecule has 5 nitrogen and oxygen atoms in total. The summed E-state index contributed by atoms with van der Waals surface area (Å²) in [5.74, 6) is 0.287. The maximum absolute atomic E-state index is 12.1. The normalized spacial score (nSPS) is 18.0. The van der Waals surface area contributed by atoms with Gasteiger partial charge in [0.25, 0.3) is 0 Å². The van der Waals surface area contributed by atoms with Gasteiger partial charge < -0.3 is 14.4 Å². The van der Waals surface area contributed by atoms with Crippen LogP contribution in [-0.2, 0) is 11.3 Å². The molecule has 128 valence electrons. The van der Waals surface area contributed by atoms with E-state index >= 15 is 0 Å². The topological polar surface area (TPSA) is 47.5 Å². The van der Waals surface area contributed by atoms with Crippen molar-refractivity contribution in [3.63, 3.8) is 0 Å². The lowest BCUT2D eigenvalue weighted by Gasteiger charge is -2.18. The Kier molecular flexibility index (Phi) is 4.84. The minimum absolute atomic E-state index is 0.0612. The van der Waals surface area contributed by atoms with Crippen LogP contribution in [0.2, 0.25) is 0 Å². The number of nitrogens with zero attached hydrogens (tertiary/aromatic N) is 3. The van der Waals surface area contributed by atoms with E-state index in [1.165, 1.54) is 12.1 Å². The van der Waals surface area contributed by atoms with E-state index in [9.17, 15) is 13.2 Å². The highest BCUT2D eigenvalue weighted by Gasteiger charge is 2.31. The summed E-state index contributed by atoms with van der Waals surface area (Å²) in [6.07, 6.45) is 0.707. The zero-order valence-corrected chi connectivity index (χ0v) is 12.7. The number of hydrogen-bond acceptors (Lipinski definition) is 5. The third-order valence-electron chi connectivity index (χ3n) is 3.66. The molecule has 3 heterocycles. The van der Waals surface area contributed by atoms with E-state index in [4.69, 9.17) is 4.74 Å². The van der Waals surface area contributed by atoms with Crippen LogP contribution in [0.25, 0.3) is 0 Å². The number of alkyl halides is 3. The molecule has 2 aromatic heterocycles. The molecule has 0 amide bonds. The van der Waals surface area contributed by atoms with Crippen LogP contribution >= 0.6 is 0 Å². The van der Waals surface area contributed by atoms with Crippen molar-refractivity contribution < 1.29 is 22.6 Å². The summed E-state index contributed by atoms with van der Waals surface area (Å²) in [4.78, 5) is 9.97. The van der Waals surface area contributed by atoms with Gasteiger partial charge in [0.2, 0.25) is 0 Å². The van der Waals surface area contributed by atoms with Crippen LogP contribution in [0.15, 0.2) is 42.9 Å². The highest BCUT2D eigenvalue weighted by atomic mass is 19.4. The molecule has 0 aliphatic carbocycles. The van der Waals surface area contributed by atoms with Crippen molar-refractivity contribution in [2.24, 2.45) is 0 Å². The average molecular weight is 339 g/mol. The molecule has 1 aliphatic rings. The Hall–Kier alpha value is -2.35. The summed E-state index contributed by atoms with van der Waals surface area (Å²) in [6.45, 7) is 1.90. The highest BCUT2D eigenvalue weighted by Crippen LogP contribution is 2.25. The lowest BCUT2D eigenvalue weighted by molar-refractivity contribution is -0.274. The van der Waals surface area contributed by atoms with Crippen molar-refractivity contribution in [3.8, 4) is 5.75 Å². The van der Waals surface area contributed by atoms with Crippen molar-refractivity contribution in [1.29, 1.82) is 0 Å². The summed E-state index contributed by atoms with van der Waals surface area (Å²) in [6, 6.07) is 6.58. The fourth-order valence-corrected chi connectivity index (χ4v) is 2.52. The van der Waals surface area contributed by atoms with Crippen molar-refractivity contribution in [1.82, 2.24) is 9.97 Å². The highest BCUT2D eigenvalue weighted by molar-refractivity contribution is 5.42. The predicted octanol–water partition coefficient (Wildman–Crippen LogP) is 3.17. The lowest BCUT2D eigenvalue weighted by atomic mass is 10.3. The average Bonchev–Trinajstić information content (AvgIpc) is 3.02. The van der Waals surface area contributed by atoms with Gasteiger partial charge in [0.15, 0.2) is 0 Å². The van der Waals surface area contributed by atoms with Crippen LogP contribution < -0.4 is 9.64 Å². The molecule has 1 aliphatic heterocycles. The Balaban J connectivity index is 1.52. The first-order chi connectivity index (χ1) is 11.5. The van der Waals surface area contributed by atoms with Crippen LogP contribution in [0.5, 0.6) is 5.75 Å². The van der Waals surface area contributed by atoms with Gasteiger partial charge in [-0.15, -0.1) is 13.2 Å². The molecule has 0 saturated carbocycles. The molecule has 0 radical (unpaired) electrons. The molecule has 1 unspecified atom stereocenters. The summed E-state index contributed by atoms with van der Waals surface area (Å²) < 4.78 is 46.1. The van der Waals surface area contributed by atoms with E-state index < -0.39 is 6.36 Å². The maximum atomic E-state index is 12.1. The second-order valence-electron chi connectivity index (χ2n) is 5.42. The molecule has 2 aromatic rings. The number of hydrogen-bond donors (Lipinski definition) is 0. The van der Waals surface area contributed by atoms with Crippen LogP contribution in [0.4, 0.5) is 19.0 Å². The third kappa shape index (κ3) is 4.58. The van der Waals surface area contributed by atoms with Gasteiger partial charge in [0.05, 0.1) is 18.9 Å². The van der Waals surface area contributed by atoms with Gasteiger partial charge in [0, 0.05) is 25.5 Å². The number of pyridine rings is 2. The molecule has 8 heteroatoms. The molecule has 0 bridgehead atoms. The van der Waals surface area contributed by atoms with Gasteiger partial charge in [-0.25, -0.2) is 4.98 Å². The van der Waals surface area contributed by atoms with E-state index in [-0.39, 0.29) is 11.9 Å². The van der Waals surface area contributed by atoms with Crippen molar-refractivity contribution in [2.75, 3.05) is 18.0 Å². The second-order valence-corrected chi connectivity index (χ2v) is 5.42. The first-order valence-electron chi connectivity index (χ1n) is 7.47. The van der Waals surface area contributed by atoms with Gasteiger partial charge in [-0.3, -0.25) is 4.98 Å². The van der Waals surface area contributed by atoms with E-state index in [2.05, 4.69) is 14.7 Å². The third-order valence-corrected chi connectivity index (χ3v) is 3.66. The Morgan fingerprint density at radius 2 is 1.96 bits per heavy atom. The minimum atomic E-state index is -4.71. The monoisotopic (exact) mass is 339 g/mol. The molecule has 1 saturated heterocycles. The lowest BCUT2D eigenvalue weighted by Crippen LogP contribution is -2.23.